The van der Waals surface area contributed by atoms with E-state index >= 15 is 0 Å². The molecule has 2 rings (SSSR count). The lowest BCUT2D eigenvalue weighted by molar-refractivity contribution is 0.0724. The van der Waals surface area contributed by atoms with Crippen molar-refractivity contribution in [3.05, 3.63) is 28.5 Å². The minimum absolute atomic E-state index is 0.0436. The van der Waals surface area contributed by atoms with Crippen molar-refractivity contribution in [2.75, 3.05) is 13.2 Å². The molecule has 19 heavy (non-hydrogen) atoms. The van der Waals surface area contributed by atoms with Crippen molar-refractivity contribution in [1.82, 2.24) is 9.88 Å². The number of aromatic nitrogens is 1. The fourth-order valence-corrected chi connectivity index (χ4v) is 2.86. The topological polar surface area (TPSA) is 53.4 Å². The van der Waals surface area contributed by atoms with Crippen molar-refractivity contribution in [3.8, 4) is 0 Å². The number of amides is 1. The van der Waals surface area contributed by atoms with Crippen LogP contribution in [0.1, 0.15) is 41.7 Å². The largest absolute Gasteiger partial charge is 0.396 e. The third kappa shape index (κ3) is 3.25. The molecule has 1 atom stereocenters. The standard InChI is InChI=1S/C14H19ClN2O2/c1-10-8-13(15)12(9-16-10)14(19)17-6-2-4-11(17)5-3-7-18/h8-9,11,18H,2-7H2,1H3. The van der Waals surface area contributed by atoms with Gasteiger partial charge < -0.3 is 10.0 Å². The predicted molar refractivity (Wildman–Crippen MR) is 74.4 cm³/mol. The van der Waals surface area contributed by atoms with E-state index in [1.807, 2.05) is 11.8 Å². The molecule has 1 aliphatic heterocycles. The highest BCUT2D eigenvalue weighted by Crippen LogP contribution is 2.26. The van der Waals surface area contributed by atoms with Crippen molar-refractivity contribution in [2.45, 2.75) is 38.6 Å². The maximum Gasteiger partial charge on any atom is 0.257 e. The minimum Gasteiger partial charge on any atom is -0.396 e. The number of rotatable bonds is 4. The lowest BCUT2D eigenvalue weighted by Gasteiger charge is -2.25. The van der Waals surface area contributed by atoms with E-state index in [9.17, 15) is 4.79 Å². The number of hydrogen-bond donors (Lipinski definition) is 1. The van der Waals surface area contributed by atoms with Crippen LogP contribution in [-0.2, 0) is 0 Å². The third-order valence-electron chi connectivity index (χ3n) is 3.55. The average Bonchev–Trinajstić information content (AvgIpc) is 2.83. The first-order chi connectivity index (χ1) is 9.13. The van der Waals surface area contributed by atoms with Crippen LogP contribution in [0.25, 0.3) is 0 Å². The number of aliphatic hydroxyl groups excluding tert-OH is 1. The number of carbonyl (C=O) groups is 1. The Balaban J connectivity index is 2.13. The van der Waals surface area contributed by atoms with Crippen molar-refractivity contribution >= 4 is 17.5 Å². The Morgan fingerprint density at radius 2 is 2.42 bits per heavy atom. The molecule has 4 nitrogen and oxygen atoms in total. The van der Waals surface area contributed by atoms with Gasteiger partial charge in [-0.15, -0.1) is 0 Å². The van der Waals surface area contributed by atoms with Crippen LogP contribution in [0.2, 0.25) is 5.02 Å². The van der Waals surface area contributed by atoms with E-state index in [2.05, 4.69) is 4.98 Å². The molecule has 1 amide bonds. The second-order valence-electron chi connectivity index (χ2n) is 4.97. The Morgan fingerprint density at radius 3 is 3.11 bits per heavy atom. The summed E-state index contributed by atoms with van der Waals surface area (Å²) in [5, 5.41) is 9.37. The van der Waals surface area contributed by atoms with Gasteiger partial charge in [-0.25, -0.2) is 0 Å². The van der Waals surface area contributed by atoms with Crippen molar-refractivity contribution < 1.29 is 9.90 Å². The van der Waals surface area contributed by atoms with Gasteiger partial charge in [0, 0.05) is 31.1 Å². The van der Waals surface area contributed by atoms with Gasteiger partial charge in [-0.3, -0.25) is 9.78 Å². The van der Waals surface area contributed by atoms with Gasteiger partial charge in [0.1, 0.15) is 0 Å². The van der Waals surface area contributed by atoms with Crippen LogP contribution in [0.3, 0.4) is 0 Å². The van der Waals surface area contributed by atoms with Gasteiger partial charge in [0.05, 0.1) is 10.6 Å². The molecular formula is C14H19ClN2O2. The zero-order valence-corrected chi connectivity index (χ0v) is 11.9. The molecule has 0 spiro atoms. The molecule has 1 aliphatic rings. The fraction of sp³-hybridized carbons (Fsp3) is 0.571. The SMILES string of the molecule is Cc1cc(Cl)c(C(=O)N2CCCC2CCCO)cn1. The van der Waals surface area contributed by atoms with Gasteiger partial charge in [-0.2, -0.15) is 0 Å². The smallest absolute Gasteiger partial charge is 0.257 e. The summed E-state index contributed by atoms with van der Waals surface area (Å²) in [6.07, 6.45) is 5.15. The highest BCUT2D eigenvalue weighted by atomic mass is 35.5. The molecule has 104 valence electrons. The van der Waals surface area contributed by atoms with Crippen LogP contribution in [0.15, 0.2) is 12.3 Å². The normalized spacial score (nSPS) is 18.9. The van der Waals surface area contributed by atoms with E-state index in [-0.39, 0.29) is 18.6 Å². The maximum absolute atomic E-state index is 12.5. The molecule has 1 N–H and O–H groups in total. The van der Waals surface area contributed by atoms with E-state index in [0.29, 0.717) is 10.6 Å². The minimum atomic E-state index is -0.0436. The fourth-order valence-electron chi connectivity index (χ4n) is 2.57. The molecule has 1 saturated heterocycles. The average molecular weight is 283 g/mol. The second-order valence-corrected chi connectivity index (χ2v) is 5.37. The predicted octanol–water partition coefficient (Wildman–Crippen LogP) is 2.42. The molecule has 2 heterocycles. The van der Waals surface area contributed by atoms with Crippen LogP contribution in [-0.4, -0.2) is 40.1 Å². The van der Waals surface area contributed by atoms with Crippen LogP contribution >= 0.6 is 11.6 Å². The van der Waals surface area contributed by atoms with Gasteiger partial charge in [-0.1, -0.05) is 11.6 Å². The lowest BCUT2D eigenvalue weighted by atomic mass is 10.1. The number of aryl methyl sites for hydroxylation is 1. The van der Waals surface area contributed by atoms with Gasteiger partial charge in [-0.05, 0) is 38.7 Å². The molecule has 0 radical (unpaired) electrons. The number of aliphatic hydroxyl groups is 1. The summed E-state index contributed by atoms with van der Waals surface area (Å²) in [6, 6.07) is 1.94. The van der Waals surface area contributed by atoms with Crippen LogP contribution in [0.4, 0.5) is 0 Å². The molecule has 1 fully saturated rings. The molecule has 0 aromatic carbocycles. The lowest BCUT2D eigenvalue weighted by Crippen LogP contribution is -2.35. The molecule has 1 aromatic heterocycles. The van der Waals surface area contributed by atoms with Gasteiger partial charge in [0.2, 0.25) is 0 Å². The van der Waals surface area contributed by atoms with E-state index in [1.165, 1.54) is 0 Å². The Labute approximate surface area is 118 Å². The highest BCUT2D eigenvalue weighted by molar-refractivity contribution is 6.33. The molecule has 1 aromatic rings. The van der Waals surface area contributed by atoms with E-state index in [4.69, 9.17) is 16.7 Å². The number of pyridine rings is 1. The summed E-state index contributed by atoms with van der Waals surface area (Å²) in [5.74, 6) is -0.0436. The van der Waals surface area contributed by atoms with Gasteiger partial charge >= 0.3 is 0 Å². The summed E-state index contributed by atoms with van der Waals surface area (Å²) in [6.45, 7) is 2.78. The molecule has 1 unspecified atom stereocenters. The summed E-state index contributed by atoms with van der Waals surface area (Å²) in [5.41, 5.74) is 1.28. The number of likely N-dealkylation sites (tertiary alicyclic amines) is 1. The molecule has 5 heteroatoms. The first-order valence-electron chi connectivity index (χ1n) is 6.67. The Hall–Kier alpha value is -1.13. The summed E-state index contributed by atoms with van der Waals surface area (Å²) >= 11 is 6.13. The van der Waals surface area contributed by atoms with Gasteiger partial charge in [0.15, 0.2) is 0 Å². The third-order valence-corrected chi connectivity index (χ3v) is 3.87. The van der Waals surface area contributed by atoms with Crippen molar-refractivity contribution in [2.24, 2.45) is 0 Å². The first-order valence-corrected chi connectivity index (χ1v) is 7.05. The number of halogens is 1. The summed E-state index contributed by atoms with van der Waals surface area (Å²) < 4.78 is 0. The maximum atomic E-state index is 12.5. The Kier molecular flexibility index (Phi) is 4.77. The number of hydrogen-bond acceptors (Lipinski definition) is 3. The van der Waals surface area contributed by atoms with Crippen LogP contribution < -0.4 is 0 Å². The van der Waals surface area contributed by atoms with Crippen molar-refractivity contribution in [1.29, 1.82) is 0 Å². The Morgan fingerprint density at radius 1 is 1.63 bits per heavy atom. The number of carbonyl (C=O) groups excluding carboxylic acids is 1. The molecule has 0 aliphatic carbocycles. The van der Waals surface area contributed by atoms with Crippen molar-refractivity contribution in [3.63, 3.8) is 0 Å². The Bertz CT molecular complexity index is 465. The molecule has 0 bridgehead atoms. The summed E-state index contributed by atoms with van der Waals surface area (Å²) in [7, 11) is 0. The highest BCUT2D eigenvalue weighted by Gasteiger charge is 2.30. The molecule has 0 saturated carbocycles. The van der Waals surface area contributed by atoms with Crippen LogP contribution in [0.5, 0.6) is 0 Å². The van der Waals surface area contributed by atoms with E-state index in [1.54, 1.807) is 12.3 Å². The number of nitrogens with zero attached hydrogens (tertiary/aromatic N) is 2. The first kappa shape index (κ1) is 14.3. The van der Waals surface area contributed by atoms with E-state index in [0.717, 1.165) is 37.9 Å². The van der Waals surface area contributed by atoms with Crippen LogP contribution in [0, 0.1) is 6.92 Å². The van der Waals surface area contributed by atoms with E-state index < -0.39 is 0 Å². The van der Waals surface area contributed by atoms with Gasteiger partial charge in [0.25, 0.3) is 5.91 Å². The summed E-state index contributed by atoms with van der Waals surface area (Å²) in [4.78, 5) is 18.5. The zero-order chi connectivity index (χ0) is 13.8. The molecular weight excluding hydrogens is 264 g/mol. The zero-order valence-electron chi connectivity index (χ0n) is 11.1. The monoisotopic (exact) mass is 282 g/mol. The second kappa shape index (κ2) is 6.35. The quantitative estimate of drug-likeness (QED) is 0.923.